The molecule has 4 nitrogen and oxygen atoms in total. The second kappa shape index (κ2) is 5.58. The Labute approximate surface area is 98.1 Å². The first-order chi connectivity index (χ1) is 7.02. The van der Waals surface area contributed by atoms with Gasteiger partial charge in [-0.1, -0.05) is 18.7 Å². The van der Waals surface area contributed by atoms with Crippen molar-refractivity contribution in [3.63, 3.8) is 0 Å². The minimum Gasteiger partial charge on any atom is -0.392 e. The van der Waals surface area contributed by atoms with Crippen LogP contribution in [-0.2, 0) is 0 Å². The molecular weight excluding hydrogens is 230 g/mol. The van der Waals surface area contributed by atoms with Gasteiger partial charge in [-0.3, -0.25) is 0 Å². The number of aliphatic hydroxyl groups excluding tert-OH is 1. The van der Waals surface area contributed by atoms with Crippen LogP contribution in [0.5, 0.6) is 0 Å². The maximum absolute atomic E-state index is 9.38. The van der Waals surface area contributed by atoms with Gasteiger partial charge in [0.25, 0.3) is 0 Å². The highest BCUT2D eigenvalue weighted by Crippen LogP contribution is 2.26. The third-order valence-corrected chi connectivity index (χ3v) is 3.63. The number of nitrogens with zero attached hydrogens (tertiary/aromatic N) is 2. The number of aromatic nitrogens is 2. The minimum absolute atomic E-state index is 0.0917. The Morgan fingerprint density at radius 1 is 1.40 bits per heavy atom. The van der Waals surface area contributed by atoms with E-state index in [4.69, 9.17) is 5.73 Å². The van der Waals surface area contributed by atoms with Crippen LogP contribution in [0.15, 0.2) is 16.2 Å². The molecule has 0 aliphatic rings. The zero-order valence-electron chi connectivity index (χ0n) is 8.97. The largest absolute Gasteiger partial charge is 0.392 e. The molecule has 84 valence electrons. The number of hydrogen-bond acceptors (Lipinski definition) is 6. The monoisotopic (exact) mass is 245 g/mol. The van der Waals surface area contributed by atoms with Gasteiger partial charge < -0.3 is 10.8 Å². The van der Waals surface area contributed by atoms with Crippen LogP contribution >= 0.6 is 23.5 Å². The molecule has 3 N–H and O–H groups in total. The summed E-state index contributed by atoms with van der Waals surface area (Å²) in [6.45, 7) is 3.71. The molecule has 6 heteroatoms. The van der Waals surface area contributed by atoms with E-state index in [9.17, 15) is 5.11 Å². The number of anilines is 1. The lowest BCUT2D eigenvalue weighted by atomic mass is 10.3. The van der Waals surface area contributed by atoms with Crippen molar-refractivity contribution in [1.82, 2.24) is 9.97 Å². The first-order valence-corrected chi connectivity index (χ1v) is 6.66. The van der Waals surface area contributed by atoms with Gasteiger partial charge in [-0.05, 0) is 13.2 Å². The quantitative estimate of drug-likeness (QED) is 0.477. The maximum atomic E-state index is 9.38. The minimum atomic E-state index is -0.371. The summed E-state index contributed by atoms with van der Waals surface area (Å²) in [4.78, 5) is 8.36. The van der Waals surface area contributed by atoms with E-state index in [0.29, 0.717) is 11.0 Å². The van der Waals surface area contributed by atoms with Gasteiger partial charge >= 0.3 is 0 Å². The summed E-state index contributed by atoms with van der Waals surface area (Å²) in [6, 6.07) is 1.73. The Kier molecular flexibility index (Phi) is 4.69. The molecule has 0 aliphatic heterocycles. The van der Waals surface area contributed by atoms with E-state index in [1.165, 1.54) is 23.5 Å². The molecule has 0 fully saturated rings. The zero-order chi connectivity index (χ0) is 11.4. The Bertz CT molecular complexity index is 333. The van der Waals surface area contributed by atoms with Crippen molar-refractivity contribution in [1.29, 1.82) is 0 Å². The fourth-order valence-corrected chi connectivity index (χ4v) is 2.21. The van der Waals surface area contributed by atoms with Crippen molar-refractivity contribution >= 4 is 29.3 Å². The molecule has 2 unspecified atom stereocenters. The highest BCUT2D eigenvalue weighted by molar-refractivity contribution is 8.00. The molecular formula is C9H15N3OS2. The highest BCUT2D eigenvalue weighted by Gasteiger charge is 2.12. The van der Waals surface area contributed by atoms with Crippen molar-refractivity contribution in [3.8, 4) is 0 Å². The molecule has 0 bridgehead atoms. The predicted molar refractivity (Wildman–Crippen MR) is 65.2 cm³/mol. The van der Waals surface area contributed by atoms with Crippen molar-refractivity contribution in [3.05, 3.63) is 6.07 Å². The van der Waals surface area contributed by atoms with Gasteiger partial charge in [0.2, 0.25) is 0 Å². The number of thioether (sulfide) groups is 2. The van der Waals surface area contributed by atoms with Gasteiger partial charge in [0, 0.05) is 11.3 Å². The lowest BCUT2D eigenvalue weighted by Gasteiger charge is -2.13. The highest BCUT2D eigenvalue weighted by atomic mass is 32.2. The Hall–Kier alpha value is -0.460. The molecule has 0 aliphatic carbocycles. The van der Waals surface area contributed by atoms with Crippen LogP contribution in [0.4, 0.5) is 5.82 Å². The summed E-state index contributed by atoms with van der Waals surface area (Å²) in [5, 5.41) is 10.9. The van der Waals surface area contributed by atoms with E-state index in [0.717, 1.165) is 5.03 Å². The van der Waals surface area contributed by atoms with Crippen LogP contribution < -0.4 is 5.73 Å². The molecule has 1 aromatic heterocycles. The normalized spacial score (nSPS) is 14.9. The van der Waals surface area contributed by atoms with Crippen molar-refractivity contribution in [2.24, 2.45) is 0 Å². The number of nitrogens with two attached hydrogens (primary N) is 1. The van der Waals surface area contributed by atoms with Gasteiger partial charge in [-0.15, -0.1) is 11.8 Å². The van der Waals surface area contributed by atoms with Crippen molar-refractivity contribution in [2.75, 3.05) is 12.0 Å². The lowest BCUT2D eigenvalue weighted by Crippen LogP contribution is -2.15. The second-order valence-corrected chi connectivity index (χ2v) is 5.35. The predicted octanol–water partition coefficient (Wildman–Crippen LogP) is 1.64. The van der Waals surface area contributed by atoms with Crippen molar-refractivity contribution in [2.45, 2.75) is 35.4 Å². The van der Waals surface area contributed by atoms with E-state index < -0.39 is 0 Å². The van der Waals surface area contributed by atoms with Gasteiger partial charge in [0.05, 0.1) is 6.10 Å². The maximum Gasteiger partial charge on any atom is 0.190 e. The average molecular weight is 245 g/mol. The van der Waals surface area contributed by atoms with Crippen LogP contribution in [-0.4, -0.2) is 32.7 Å². The molecule has 2 atom stereocenters. The van der Waals surface area contributed by atoms with E-state index >= 15 is 0 Å². The number of hydrogen-bond donors (Lipinski definition) is 2. The molecule has 0 amide bonds. The summed E-state index contributed by atoms with van der Waals surface area (Å²) in [7, 11) is 0. The Morgan fingerprint density at radius 3 is 2.60 bits per heavy atom. The van der Waals surface area contributed by atoms with Crippen LogP contribution in [0.2, 0.25) is 0 Å². The first kappa shape index (κ1) is 12.6. The molecule has 1 rings (SSSR count). The fraction of sp³-hybridized carbons (Fsp3) is 0.556. The number of rotatable bonds is 4. The zero-order valence-corrected chi connectivity index (χ0v) is 10.6. The van der Waals surface area contributed by atoms with E-state index in [1.54, 1.807) is 13.0 Å². The Balaban J connectivity index is 2.80. The van der Waals surface area contributed by atoms with Crippen LogP contribution in [0.25, 0.3) is 0 Å². The van der Waals surface area contributed by atoms with Crippen LogP contribution in [0.3, 0.4) is 0 Å². The standard InChI is InChI=1S/C9H15N3OS2/c1-5(13)6(2)15-8-4-7(10)11-9(12-8)14-3/h4-6,13H,1-3H3,(H2,10,11,12). The van der Waals surface area contributed by atoms with Gasteiger partial charge in [-0.25, -0.2) is 9.97 Å². The molecule has 0 saturated carbocycles. The number of nitrogen functional groups attached to an aromatic ring is 1. The number of aliphatic hydroxyl groups is 1. The molecule has 0 radical (unpaired) electrons. The van der Waals surface area contributed by atoms with Crippen molar-refractivity contribution < 1.29 is 5.11 Å². The Morgan fingerprint density at radius 2 is 2.07 bits per heavy atom. The second-order valence-electron chi connectivity index (χ2n) is 3.18. The first-order valence-electron chi connectivity index (χ1n) is 4.56. The van der Waals surface area contributed by atoms with E-state index in [1.807, 2.05) is 13.2 Å². The average Bonchev–Trinajstić information content (AvgIpc) is 2.16. The smallest absolute Gasteiger partial charge is 0.190 e. The van der Waals surface area contributed by atoms with Crippen LogP contribution in [0, 0.1) is 0 Å². The van der Waals surface area contributed by atoms with E-state index in [2.05, 4.69) is 9.97 Å². The van der Waals surface area contributed by atoms with Gasteiger partial charge in [-0.2, -0.15) is 0 Å². The summed E-state index contributed by atoms with van der Waals surface area (Å²) >= 11 is 2.96. The molecule has 0 aromatic carbocycles. The molecule has 0 spiro atoms. The lowest BCUT2D eigenvalue weighted by molar-refractivity contribution is 0.196. The summed E-state index contributed by atoms with van der Waals surface area (Å²) in [5.74, 6) is 0.467. The topological polar surface area (TPSA) is 72.0 Å². The van der Waals surface area contributed by atoms with Gasteiger partial charge in [0.15, 0.2) is 5.16 Å². The summed E-state index contributed by atoms with van der Waals surface area (Å²) in [5.41, 5.74) is 5.65. The molecule has 1 aromatic rings. The molecule has 1 heterocycles. The molecule has 0 saturated heterocycles. The fourth-order valence-electron chi connectivity index (χ4n) is 0.861. The summed E-state index contributed by atoms with van der Waals surface area (Å²) in [6.07, 6.45) is 1.53. The van der Waals surface area contributed by atoms with Gasteiger partial charge in [0.1, 0.15) is 10.8 Å². The summed E-state index contributed by atoms with van der Waals surface area (Å²) < 4.78 is 0. The van der Waals surface area contributed by atoms with E-state index in [-0.39, 0.29) is 11.4 Å². The third kappa shape index (κ3) is 3.89. The SMILES string of the molecule is CSc1nc(N)cc(SC(C)C(C)O)n1. The molecule has 15 heavy (non-hydrogen) atoms. The van der Waals surface area contributed by atoms with Crippen LogP contribution in [0.1, 0.15) is 13.8 Å². The third-order valence-electron chi connectivity index (χ3n) is 1.87.